The molecular weight excluding hydrogens is 388 g/mol. The number of benzene rings is 2. The first-order valence-corrected chi connectivity index (χ1v) is 10.3. The van der Waals surface area contributed by atoms with E-state index in [0.717, 1.165) is 57.9 Å². The summed E-state index contributed by atoms with van der Waals surface area (Å²) in [5.74, 6) is 0.00205. The highest BCUT2D eigenvalue weighted by atomic mass is 16.1. The molecule has 7 heteroatoms. The number of hydrogen-bond acceptors (Lipinski definition) is 5. The molecule has 0 radical (unpaired) electrons. The number of hydrogen-bond donors (Lipinski definition) is 2. The van der Waals surface area contributed by atoms with Gasteiger partial charge in [-0.05, 0) is 37.5 Å². The predicted molar refractivity (Wildman–Crippen MR) is 123 cm³/mol. The molecule has 0 unspecified atom stereocenters. The van der Waals surface area contributed by atoms with Crippen molar-refractivity contribution < 1.29 is 4.79 Å². The Bertz CT molecular complexity index is 1440. The average molecular weight is 410 g/mol. The molecule has 3 heterocycles. The molecule has 0 atom stereocenters. The number of carbonyl (C=O) groups excluding carboxylic acids is 1. The summed E-state index contributed by atoms with van der Waals surface area (Å²) >= 11 is 0. The number of nitrogens with two attached hydrogens (primary N) is 2. The number of imidazole rings is 1. The van der Waals surface area contributed by atoms with Gasteiger partial charge < -0.3 is 16.0 Å². The van der Waals surface area contributed by atoms with E-state index < -0.39 is 5.91 Å². The minimum Gasteiger partial charge on any atom is -0.382 e. The smallest absolute Gasteiger partial charge is 0.250 e. The summed E-state index contributed by atoms with van der Waals surface area (Å²) in [5.41, 5.74) is 16.4. The van der Waals surface area contributed by atoms with Crippen molar-refractivity contribution in [3.05, 3.63) is 72.2 Å². The van der Waals surface area contributed by atoms with Crippen molar-refractivity contribution in [1.82, 2.24) is 19.5 Å². The van der Waals surface area contributed by atoms with Crippen LogP contribution in [0.25, 0.3) is 32.8 Å². The minimum atomic E-state index is -0.441. The van der Waals surface area contributed by atoms with E-state index in [4.69, 9.17) is 11.5 Å². The molecule has 3 aromatic heterocycles. The summed E-state index contributed by atoms with van der Waals surface area (Å²) in [6, 6.07) is 17.5. The van der Waals surface area contributed by atoms with Crippen molar-refractivity contribution in [3.63, 3.8) is 0 Å². The lowest BCUT2D eigenvalue weighted by Gasteiger charge is -2.10. The van der Waals surface area contributed by atoms with Crippen LogP contribution < -0.4 is 11.5 Å². The summed E-state index contributed by atoms with van der Waals surface area (Å²) in [4.78, 5) is 25.6. The van der Waals surface area contributed by atoms with Crippen LogP contribution in [-0.2, 0) is 13.0 Å². The molecule has 4 N–H and O–H groups in total. The number of rotatable bonds is 6. The number of anilines is 1. The van der Waals surface area contributed by atoms with Crippen LogP contribution in [0, 0.1) is 0 Å². The van der Waals surface area contributed by atoms with Gasteiger partial charge in [0.25, 0.3) is 5.91 Å². The topological polar surface area (TPSA) is 113 Å². The van der Waals surface area contributed by atoms with E-state index in [9.17, 15) is 4.79 Å². The molecule has 0 spiro atoms. The van der Waals surface area contributed by atoms with Crippen LogP contribution in [0.2, 0.25) is 0 Å². The summed E-state index contributed by atoms with van der Waals surface area (Å²) in [5, 5.41) is 1.96. The number of nitrogen functional groups attached to an aromatic ring is 1. The van der Waals surface area contributed by atoms with E-state index >= 15 is 0 Å². The van der Waals surface area contributed by atoms with Crippen LogP contribution in [0.5, 0.6) is 0 Å². The Balaban J connectivity index is 1.37. The zero-order chi connectivity index (χ0) is 21.4. The van der Waals surface area contributed by atoms with E-state index in [1.807, 2.05) is 60.9 Å². The van der Waals surface area contributed by atoms with Crippen LogP contribution in [0.1, 0.15) is 28.9 Å². The second-order valence-electron chi connectivity index (χ2n) is 7.65. The maximum atomic E-state index is 11.9. The molecule has 0 aliphatic heterocycles. The van der Waals surface area contributed by atoms with Gasteiger partial charge in [-0.3, -0.25) is 9.78 Å². The number of fused-ring (bicyclic) bond motifs is 4. The van der Waals surface area contributed by atoms with Crippen LogP contribution >= 0.6 is 0 Å². The molecule has 0 aliphatic carbocycles. The van der Waals surface area contributed by atoms with Crippen molar-refractivity contribution >= 4 is 44.6 Å². The normalized spacial score (nSPS) is 11.5. The Morgan fingerprint density at radius 1 is 0.968 bits per heavy atom. The van der Waals surface area contributed by atoms with Crippen molar-refractivity contribution in [1.29, 1.82) is 0 Å². The molecular formula is C24H22N6O. The van der Waals surface area contributed by atoms with Gasteiger partial charge in [0.05, 0.1) is 34.1 Å². The fourth-order valence-corrected chi connectivity index (χ4v) is 4.11. The monoisotopic (exact) mass is 410 g/mol. The molecule has 5 rings (SSSR count). The Morgan fingerprint density at radius 3 is 2.58 bits per heavy atom. The zero-order valence-electron chi connectivity index (χ0n) is 17.0. The lowest BCUT2D eigenvalue weighted by molar-refractivity contribution is 0.0999. The van der Waals surface area contributed by atoms with Gasteiger partial charge in [0.15, 0.2) is 5.82 Å². The molecule has 31 heavy (non-hydrogen) atoms. The summed E-state index contributed by atoms with van der Waals surface area (Å²) in [7, 11) is 0. The fourth-order valence-electron chi connectivity index (χ4n) is 4.11. The molecule has 0 bridgehead atoms. The number of amides is 1. The Morgan fingerprint density at radius 2 is 1.74 bits per heavy atom. The molecule has 5 aromatic rings. The highest BCUT2D eigenvalue weighted by molar-refractivity contribution is 6.06. The number of para-hydroxylation sites is 2. The van der Waals surface area contributed by atoms with Gasteiger partial charge in [-0.25, -0.2) is 9.97 Å². The van der Waals surface area contributed by atoms with Gasteiger partial charge in [-0.1, -0.05) is 36.4 Å². The lowest BCUT2D eigenvalue weighted by atomic mass is 10.0. The van der Waals surface area contributed by atoms with Gasteiger partial charge in [-0.2, -0.15) is 0 Å². The standard InChI is InChI=1S/C24H22N6O/c25-23-21-22(16-8-2-4-10-19(16)29-23)30(14-27-21)12-6-5-11-20-17(24(26)31)13-15-7-1-3-9-18(15)28-20/h1-4,7-10,13-14H,5-6,11-12H2,(H2,25,29)(H2,26,31). The van der Waals surface area contributed by atoms with E-state index in [1.165, 1.54) is 0 Å². The molecule has 154 valence electrons. The predicted octanol–water partition coefficient (Wildman–Crippen LogP) is 3.84. The third-order valence-corrected chi connectivity index (χ3v) is 5.61. The van der Waals surface area contributed by atoms with Gasteiger partial charge in [-0.15, -0.1) is 0 Å². The molecule has 0 saturated heterocycles. The number of nitrogens with zero attached hydrogens (tertiary/aromatic N) is 4. The van der Waals surface area contributed by atoms with Crippen LogP contribution in [0.3, 0.4) is 0 Å². The van der Waals surface area contributed by atoms with Crippen molar-refractivity contribution in [2.75, 3.05) is 5.73 Å². The van der Waals surface area contributed by atoms with Gasteiger partial charge in [0.1, 0.15) is 5.52 Å². The lowest BCUT2D eigenvalue weighted by Crippen LogP contribution is -2.15. The van der Waals surface area contributed by atoms with E-state index in [1.54, 1.807) is 0 Å². The SMILES string of the molecule is NC(=O)c1cc2ccccc2nc1CCCCn1cnc2c(N)nc3ccccc3c21. The van der Waals surface area contributed by atoms with Gasteiger partial charge in [0.2, 0.25) is 0 Å². The third kappa shape index (κ3) is 3.44. The molecule has 1 amide bonds. The summed E-state index contributed by atoms with van der Waals surface area (Å²) in [6.45, 7) is 0.781. The van der Waals surface area contributed by atoms with Crippen LogP contribution in [0.15, 0.2) is 60.9 Å². The zero-order valence-corrected chi connectivity index (χ0v) is 17.0. The Hall–Kier alpha value is -4.00. The Kier molecular flexibility index (Phi) is 4.71. The Labute approximate surface area is 178 Å². The fraction of sp³-hybridized carbons (Fsp3) is 0.167. The first-order chi connectivity index (χ1) is 15.1. The van der Waals surface area contributed by atoms with Crippen LogP contribution in [0.4, 0.5) is 5.82 Å². The van der Waals surface area contributed by atoms with Crippen molar-refractivity contribution in [2.45, 2.75) is 25.8 Å². The second kappa shape index (κ2) is 7.68. The third-order valence-electron chi connectivity index (χ3n) is 5.61. The van der Waals surface area contributed by atoms with Crippen LogP contribution in [-0.4, -0.2) is 25.4 Å². The maximum absolute atomic E-state index is 11.9. The highest BCUT2D eigenvalue weighted by Gasteiger charge is 2.13. The maximum Gasteiger partial charge on any atom is 0.250 e. The average Bonchev–Trinajstić information content (AvgIpc) is 3.21. The van der Waals surface area contributed by atoms with E-state index in [-0.39, 0.29) is 0 Å². The largest absolute Gasteiger partial charge is 0.382 e. The number of aromatic nitrogens is 4. The minimum absolute atomic E-state index is 0.441. The molecule has 7 nitrogen and oxygen atoms in total. The van der Waals surface area contributed by atoms with Gasteiger partial charge >= 0.3 is 0 Å². The molecule has 2 aromatic carbocycles. The number of primary amides is 1. The first kappa shape index (κ1) is 19.0. The van der Waals surface area contributed by atoms with E-state index in [2.05, 4.69) is 19.5 Å². The number of pyridine rings is 2. The molecule has 0 saturated carbocycles. The second-order valence-corrected chi connectivity index (χ2v) is 7.65. The van der Waals surface area contributed by atoms with Gasteiger partial charge in [0, 0.05) is 17.3 Å². The number of unbranched alkanes of at least 4 members (excludes halogenated alkanes) is 1. The number of carbonyl (C=O) groups is 1. The highest BCUT2D eigenvalue weighted by Crippen LogP contribution is 2.27. The quantitative estimate of drug-likeness (QED) is 0.413. The summed E-state index contributed by atoms with van der Waals surface area (Å²) < 4.78 is 2.12. The number of aryl methyl sites for hydroxylation is 2. The van der Waals surface area contributed by atoms with Crippen molar-refractivity contribution in [2.24, 2.45) is 5.73 Å². The first-order valence-electron chi connectivity index (χ1n) is 10.3. The molecule has 0 aliphatic rings. The van der Waals surface area contributed by atoms with E-state index in [0.29, 0.717) is 17.8 Å². The van der Waals surface area contributed by atoms with Crippen molar-refractivity contribution in [3.8, 4) is 0 Å². The molecule has 0 fully saturated rings. The summed E-state index contributed by atoms with van der Waals surface area (Å²) in [6.07, 6.45) is 4.26.